The number of hydrogen-bond donors (Lipinski definition) is 0. The molecular weight excluding hydrogens is 232 g/mol. The van der Waals surface area contributed by atoms with Crippen LogP contribution in [-0.2, 0) is 0 Å². The summed E-state index contributed by atoms with van der Waals surface area (Å²) in [4.78, 5) is 0. The quantitative estimate of drug-likeness (QED) is 0.435. The molecule has 0 aliphatic rings. The van der Waals surface area contributed by atoms with Crippen LogP contribution in [0.5, 0.6) is 5.75 Å². The average Bonchev–Trinajstić information content (AvgIpc) is 2.33. The van der Waals surface area contributed by atoms with Crippen LogP contribution in [0.15, 0.2) is 24.3 Å². The van der Waals surface area contributed by atoms with Gasteiger partial charge in [0.05, 0.1) is 18.1 Å². The molecule has 0 heterocycles. The van der Waals surface area contributed by atoms with E-state index in [0.717, 1.165) is 30.3 Å². The Bertz CT molecular complexity index is 387. The summed E-state index contributed by atoms with van der Waals surface area (Å²) in [5.41, 5.74) is 0.915. The van der Waals surface area contributed by atoms with Crippen molar-refractivity contribution in [1.29, 1.82) is 0 Å². The molecule has 0 spiro atoms. The van der Waals surface area contributed by atoms with Crippen LogP contribution in [0.3, 0.4) is 0 Å². The summed E-state index contributed by atoms with van der Waals surface area (Å²) in [6.07, 6.45) is 2.27. The van der Waals surface area contributed by atoms with E-state index in [0.29, 0.717) is 5.88 Å². The van der Waals surface area contributed by atoms with Crippen LogP contribution >= 0.6 is 11.6 Å². The molecule has 0 N–H and O–H groups in total. The summed E-state index contributed by atoms with van der Waals surface area (Å²) in [5, 5.41) is 0. The maximum Gasteiger partial charge on any atom is 0.134 e. The van der Waals surface area contributed by atoms with Crippen molar-refractivity contribution >= 4 is 11.6 Å². The fourth-order valence-corrected chi connectivity index (χ4v) is 1.56. The van der Waals surface area contributed by atoms with Crippen molar-refractivity contribution in [2.45, 2.75) is 26.7 Å². The predicted molar refractivity (Wildman–Crippen MR) is 73.6 cm³/mol. The van der Waals surface area contributed by atoms with Gasteiger partial charge in [-0.3, -0.25) is 0 Å². The van der Waals surface area contributed by atoms with Crippen LogP contribution in [0.2, 0.25) is 0 Å². The number of alkyl halides is 1. The molecule has 0 aromatic heterocycles. The second kappa shape index (κ2) is 8.03. The Kier molecular flexibility index (Phi) is 6.58. The number of halogens is 1. The van der Waals surface area contributed by atoms with E-state index in [1.54, 1.807) is 0 Å². The molecule has 0 unspecified atom stereocenters. The molecule has 0 aliphatic heterocycles. The first-order chi connectivity index (χ1) is 8.24. The zero-order chi connectivity index (χ0) is 12.5. The summed E-state index contributed by atoms with van der Waals surface area (Å²) < 4.78 is 5.74. The maximum atomic E-state index is 5.74. The van der Waals surface area contributed by atoms with Crippen LogP contribution in [-0.4, -0.2) is 12.5 Å². The zero-order valence-corrected chi connectivity index (χ0v) is 11.3. The summed E-state index contributed by atoms with van der Waals surface area (Å²) >= 11 is 5.55. The van der Waals surface area contributed by atoms with Crippen molar-refractivity contribution in [1.82, 2.24) is 0 Å². The minimum absolute atomic E-state index is 0.349. The van der Waals surface area contributed by atoms with E-state index in [2.05, 4.69) is 25.7 Å². The Hall–Kier alpha value is -1.13. The molecule has 2 heteroatoms. The molecule has 1 aromatic carbocycles. The molecule has 0 atom stereocenters. The first-order valence-electron chi connectivity index (χ1n) is 6.00. The normalized spacial score (nSPS) is 9.88. The number of ether oxygens (including phenoxy) is 1. The third-order valence-electron chi connectivity index (χ3n) is 2.36. The highest BCUT2D eigenvalue weighted by molar-refractivity contribution is 6.19. The lowest BCUT2D eigenvalue weighted by atomic mass is 10.1. The Balaban J connectivity index is 2.52. The highest BCUT2D eigenvalue weighted by Gasteiger charge is 2.00. The summed E-state index contributed by atoms with van der Waals surface area (Å²) in [6.45, 7) is 5.19. The van der Waals surface area contributed by atoms with Gasteiger partial charge in [-0.2, -0.15) is 0 Å². The minimum atomic E-state index is 0.349. The topological polar surface area (TPSA) is 9.23 Å². The molecule has 1 nitrogen and oxygen atoms in total. The van der Waals surface area contributed by atoms with Gasteiger partial charge >= 0.3 is 0 Å². The van der Waals surface area contributed by atoms with Crippen LogP contribution in [0.4, 0.5) is 0 Å². The molecule has 0 aliphatic carbocycles. The molecule has 17 heavy (non-hydrogen) atoms. The van der Waals surface area contributed by atoms with Gasteiger partial charge in [0, 0.05) is 0 Å². The molecule has 0 radical (unpaired) electrons. The molecular formula is C15H19ClO. The maximum absolute atomic E-state index is 5.74. The average molecular weight is 251 g/mol. The van der Waals surface area contributed by atoms with Crippen molar-refractivity contribution in [2.24, 2.45) is 5.92 Å². The minimum Gasteiger partial charge on any atom is -0.492 e. The Morgan fingerprint density at radius 3 is 2.76 bits per heavy atom. The second-order valence-corrected chi connectivity index (χ2v) is 4.58. The third kappa shape index (κ3) is 5.65. The van der Waals surface area contributed by atoms with Crippen LogP contribution in [0.1, 0.15) is 32.3 Å². The molecule has 0 fully saturated rings. The van der Waals surface area contributed by atoms with Gasteiger partial charge in [0.15, 0.2) is 0 Å². The van der Waals surface area contributed by atoms with Gasteiger partial charge in [-0.1, -0.05) is 37.8 Å². The number of rotatable bonds is 5. The molecule has 0 saturated heterocycles. The second-order valence-electron chi connectivity index (χ2n) is 4.32. The number of hydrogen-bond acceptors (Lipinski definition) is 1. The fraction of sp³-hybridized carbons (Fsp3) is 0.467. The van der Waals surface area contributed by atoms with E-state index in [1.165, 1.54) is 6.42 Å². The van der Waals surface area contributed by atoms with Crippen LogP contribution in [0.25, 0.3) is 0 Å². The van der Waals surface area contributed by atoms with Gasteiger partial charge < -0.3 is 4.74 Å². The van der Waals surface area contributed by atoms with Crippen molar-refractivity contribution < 1.29 is 4.74 Å². The molecule has 0 amide bonds. The fourth-order valence-electron chi connectivity index (χ4n) is 1.50. The van der Waals surface area contributed by atoms with Crippen LogP contribution < -0.4 is 4.74 Å². The summed E-state index contributed by atoms with van der Waals surface area (Å²) in [5.74, 6) is 7.79. The largest absolute Gasteiger partial charge is 0.492 e. The van der Waals surface area contributed by atoms with E-state index in [4.69, 9.17) is 16.3 Å². The van der Waals surface area contributed by atoms with Gasteiger partial charge in [-0.05, 0) is 30.9 Å². The number of para-hydroxylation sites is 1. The Morgan fingerprint density at radius 2 is 2.06 bits per heavy atom. The van der Waals surface area contributed by atoms with E-state index >= 15 is 0 Å². The van der Waals surface area contributed by atoms with Gasteiger partial charge in [-0.15, -0.1) is 11.6 Å². The van der Waals surface area contributed by atoms with E-state index in [-0.39, 0.29) is 0 Å². The highest BCUT2D eigenvalue weighted by atomic mass is 35.5. The lowest BCUT2D eigenvalue weighted by molar-refractivity contribution is 0.297. The monoisotopic (exact) mass is 250 g/mol. The van der Waals surface area contributed by atoms with Gasteiger partial charge in [0.1, 0.15) is 5.75 Å². The molecule has 1 aromatic rings. The van der Waals surface area contributed by atoms with Crippen LogP contribution in [0, 0.1) is 17.8 Å². The van der Waals surface area contributed by atoms with Gasteiger partial charge in [0.25, 0.3) is 0 Å². The Morgan fingerprint density at radius 1 is 1.29 bits per heavy atom. The number of benzene rings is 1. The molecule has 92 valence electrons. The highest BCUT2D eigenvalue weighted by Crippen LogP contribution is 2.17. The van der Waals surface area contributed by atoms with Crippen molar-refractivity contribution in [3.05, 3.63) is 29.8 Å². The first-order valence-corrected chi connectivity index (χ1v) is 6.54. The van der Waals surface area contributed by atoms with Crippen molar-refractivity contribution in [2.75, 3.05) is 12.5 Å². The standard InChI is InChI=1S/C15H19ClO/c1-13(2)7-6-12-17-15-10-4-3-8-14(15)9-5-11-16/h3-4,8,10,13H,6-7,11-12H2,1-2H3. The van der Waals surface area contributed by atoms with Gasteiger partial charge in [-0.25, -0.2) is 0 Å². The smallest absolute Gasteiger partial charge is 0.134 e. The molecule has 0 bridgehead atoms. The zero-order valence-electron chi connectivity index (χ0n) is 10.5. The lowest BCUT2D eigenvalue weighted by Crippen LogP contribution is -2.00. The molecule has 0 saturated carbocycles. The van der Waals surface area contributed by atoms with Gasteiger partial charge in [0.2, 0.25) is 0 Å². The van der Waals surface area contributed by atoms with E-state index < -0.39 is 0 Å². The molecule has 1 rings (SSSR count). The van der Waals surface area contributed by atoms with Crippen molar-refractivity contribution in [3.8, 4) is 17.6 Å². The van der Waals surface area contributed by atoms with E-state index in [9.17, 15) is 0 Å². The summed E-state index contributed by atoms with van der Waals surface area (Å²) in [6, 6.07) is 7.83. The SMILES string of the molecule is CC(C)CCCOc1ccccc1C#CCCl. The lowest BCUT2D eigenvalue weighted by Gasteiger charge is -2.09. The third-order valence-corrected chi connectivity index (χ3v) is 2.49. The van der Waals surface area contributed by atoms with E-state index in [1.807, 2.05) is 24.3 Å². The predicted octanol–water partition coefficient (Wildman–Crippen LogP) is 4.09. The van der Waals surface area contributed by atoms with Crippen molar-refractivity contribution in [3.63, 3.8) is 0 Å². The summed E-state index contributed by atoms with van der Waals surface area (Å²) in [7, 11) is 0. The Labute approximate surface area is 109 Å². The first kappa shape index (κ1) is 13.9.